The van der Waals surface area contributed by atoms with Gasteiger partial charge in [0.25, 0.3) is 5.69 Å². The van der Waals surface area contributed by atoms with E-state index in [4.69, 9.17) is 4.74 Å². The molecule has 0 radical (unpaired) electrons. The van der Waals surface area contributed by atoms with Gasteiger partial charge in [-0.2, -0.15) is 0 Å². The average Bonchev–Trinajstić information content (AvgIpc) is 2.29. The molecule has 1 heterocycles. The fourth-order valence-corrected chi connectivity index (χ4v) is 1.62. The van der Waals surface area contributed by atoms with Gasteiger partial charge >= 0.3 is 0 Å². The van der Waals surface area contributed by atoms with E-state index in [1.54, 1.807) is 18.2 Å². The molecule has 5 nitrogen and oxygen atoms in total. The first-order valence-corrected chi connectivity index (χ1v) is 4.76. The number of hydrogen-bond acceptors (Lipinski definition) is 4. The third-order valence-electron chi connectivity index (χ3n) is 2.36. The summed E-state index contributed by atoms with van der Waals surface area (Å²) in [5, 5.41) is 10.8. The number of nitro benzene ring substituents is 1. The lowest BCUT2D eigenvalue weighted by Gasteiger charge is -2.18. The maximum absolute atomic E-state index is 11.2. The van der Waals surface area contributed by atoms with E-state index in [1.807, 2.05) is 0 Å². The van der Waals surface area contributed by atoms with E-state index < -0.39 is 11.0 Å². The summed E-state index contributed by atoms with van der Waals surface area (Å²) in [5.74, 6) is -0.0885. The van der Waals surface area contributed by atoms with Crippen LogP contribution in [0.3, 0.4) is 0 Å². The summed E-state index contributed by atoms with van der Waals surface area (Å²) < 4.78 is 5.22. The summed E-state index contributed by atoms with van der Waals surface area (Å²) in [5.41, 5.74) is 0.417. The average molecular weight is 219 g/mol. The van der Waals surface area contributed by atoms with Gasteiger partial charge in [0, 0.05) is 12.1 Å². The number of hydrogen-bond donors (Lipinski definition) is 0. The van der Waals surface area contributed by atoms with Gasteiger partial charge < -0.3 is 4.74 Å². The molecule has 0 bridgehead atoms. The lowest BCUT2D eigenvalue weighted by Crippen LogP contribution is -2.12. The molecule has 1 aliphatic rings. The Morgan fingerprint density at radius 1 is 1.38 bits per heavy atom. The van der Waals surface area contributed by atoms with Gasteiger partial charge in [0.2, 0.25) is 0 Å². The lowest BCUT2D eigenvalue weighted by atomic mass is 10.0. The van der Waals surface area contributed by atoms with Gasteiger partial charge in [-0.05, 0) is 6.07 Å². The number of allylic oxidation sites excluding steroid dienone is 1. The summed E-state index contributed by atoms with van der Waals surface area (Å²) in [6.45, 7) is 0. The van der Waals surface area contributed by atoms with E-state index in [9.17, 15) is 14.9 Å². The minimum atomic E-state index is -0.556. The molecule has 0 spiro atoms. The third-order valence-corrected chi connectivity index (χ3v) is 2.36. The van der Waals surface area contributed by atoms with Crippen molar-refractivity contribution in [3.05, 3.63) is 52.3 Å². The lowest BCUT2D eigenvalue weighted by molar-refractivity contribution is -0.386. The standard InChI is InChI=1S/C11H9NO4/c13-8-5-6-16-11(7-8)9-3-1-2-4-10(9)12(14)15/h1-6,11H,7H2/t11-/m1/s1. The molecule has 0 N–H and O–H groups in total. The topological polar surface area (TPSA) is 69.4 Å². The summed E-state index contributed by atoms with van der Waals surface area (Å²) >= 11 is 0. The fourth-order valence-electron chi connectivity index (χ4n) is 1.62. The van der Waals surface area contributed by atoms with Gasteiger partial charge in [0.1, 0.15) is 6.10 Å². The van der Waals surface area contributed by atoms with Crippen molar-refractivity contribution in [2.75, 3.05) is 0 Å². The Balaban J connectivity index is 2.36. The monoisotopic (exact) mass is 219 g/mol. The van der Waals surface area contributed by atoms with Crippen LogP contribution < -0.4 is 0 Å². The van der Waals surface area contributed by atoms with Gasteiger partial charge in [0.05, 0.1) is 23.2 Å². The zero-order valence-electron chi connectivity index (χ0n) is 8.33. The van der Waals surface area contributed by atoms with Crippen molar-refractivity contribution in [1.29, 1.82) is 0 Å². The molecule has 2 rings (SSSR count). The van der Waals surface area contributed by atoms with Crippen LogP contribution >= 0.6 is 0 Å². The highest BCUT2D eigenvalue weighted by molar-refractivity contribution is 5.90. The second-order valence-corrected chi connectivity index (χ2v) is 3.41. The number of ether oxygens (including phenoxy) is 1. The second kappa shape index (κ2) is 4.14. The molecular weight excluding hydrogens is 210 g/mol. The molecule has 16 heavy (non-hydrogen) atoms. The molecule has 0 saturated heterocycles. The number of para-hydroxylation sites is 1. The second-order valence-electron chi connectivity index (χ2n) is 3.41. The Morgan fingerprint density at radius 3 is 2.81 bits per heavy atom. The molecule has 0 aliphatic carbocycles. The van der Waals surface area contributed by atoms with E-state index in [1.165, 1.54) is 18.4 Å². The van der Waals surface area contributed by atoms with Crippen molar-refractivity contribution >= 4 is 11.5 Å². The van der Waals surface area contributed by atoms with Gasteiger partial charge in [-0.3, -0.25) is 14.9 Å². The first-order chi connectivity index (χ1) is 7.68. The van der Waals surface area contributed by atoms with E-state index in [0.29, 0.717) is 5.56 Å². The highest BCUT2D eigenvalue weighted by Gasteiger charge is 2.25. The maximum Gasteiger partial charge on any atom is 0.276 e. The largest absolute Gasteiger partial charge is 0.492 e. The Kier molecular flexibility index (Phi) is 2.68. The van der Waals surface area contributed by atoms with Crippen LogP contribution in [-0.4, -0.2) is 10.7 Å². The number of nitrogens with zero attached hydrogens (tertiary/aromatic N) is 1. The van der Waals surface area contributed by atoms with E-state index in [0.717, 1.165) is 0 Å². The van der Waals surface area contributed by atoms with Crippen LogP contribution in [0.1, 0.15) is 18.1 Å². The van der Waals surface area contributed by atoms with E-state index in [2.05, 4.69) is 0 Å². The van der Waals surface area contributed by atoms with Crippen LogP contribution in [0, 0.1) is 10.1 Å². The van der Waals surface area contributed by atoms with Crippen LogP contribution in [0.15, 0.2) is 36.6 Å². The molecule has 82 valence electrons. The predicted molar refractivity (Wildman–Crippen MR) is 55.7 cm³/mol. The van der Waals surface area contributed by atoms with Crippen LogP contribution in [0.25, 0.3) is 0 Å². The van der Waals surface area contributed by atoms with E-state index in [-0.39, 0.29) is 17.9 Å². The molecule has 0 unspecified atom stereocenters. The first-order valence-electron chi connectivity index (χ1n) is 4.76. The van der Waals surface area contributed by atoms with Crippen LogP contribution in [0.5, 0.6) is 0 Å². The molecule has 0 fully saturated rings. The Hall–Kier alpha value is -2.17. The molecule has 5 heteroatoms. The third kappa shape index (κ3) is 1.93. The Labute approximate surface area is 91.5 Å². The summed E-state index contributed by atoms with van der Waals surface area (Å²) in [7, 11) is 0. The van der Waals surface area contributed by atoms with Gasteiger partial charge in [0.15, 0.2) is 5.78 Å². The maximum atomic E-state index is 11.2. The normalized spacial score (nSPS) is 19.2. The van der Waals surface area contributed by atoms with Gasteiger partial charge in [-0.15, -0.1) is 0 Å². The number of carbonyl (C=O) groups excluding carboxylic acids is 1. The van der Waals surface area contributed by atoms with Gasteiger partial charge in [-0.1, -0.05) is 12.1 Å². The number of ketones is 1. The SMILES string of the molecule is O=C1C=CO[C@@H](c2ccccc2[N+](=O)[O-])C1. The Bertz CT molecular complexity index is 467. The van der Waals surface area contributed by atoms with Crippen LogP contribution in [-0.2, 0) is 9.53 Å². The summed E-state index contributed by atoms with van der Waals surface area (Å²) in [6, 6.07) is 6.29. The molecule has 1 atom stereocenters. The number of rotatable bonds is 2. The number of nitro groups is 1. The molecule has 0 aromatic heterocycles. The van der Waals surface area contributed by atoms with Crippen LogP contribution in [0.4, 0.5) is 5.69 Å². The highest BCUT2D eigenvalue weighted by Crippen LogP contribution is 2.31. The molecule has 0 amide bonds. The number of benzene rings is 1. The van der Waals surface area contributed by atoms with Crippen LogP contribution in [0.2, 0.25) is 0 Å². The van der Waals surface area contributed by atoms with Crippen molar-refractivity contribution < 1.29 is 14.5 Å². The van der Waals surface area contributed by atoms with E-state index >= 15 is 0 Å². The summed E-state index contributed by atoms with van der Waals surface area (Å²) in [4.78, 5) is 21.5. The zero-order chi connectivity index (χ0) is 11.5. The van der Waals surface area contributed by atoms with Crippen molar-refractivity contribution in [2.45, 2.75) is 12.5 Å². The fraction of sp³-hybridized carbons (Fsp3) is 0.182. The molecular formula is C11H9NO4. The molecule has 1 aromatic carbocycles. The molecule has 1 aliphatic heterocycles. The smallest absolute Gasteiger partial charge is 0.276 e. The Morgan fingerprint density at radius 2 is 2.12 bits per heavy atom. The zero-order valence-corrected chi connectivity index (χ0v) is 8.33. The molecule has 0 saturated carbocycles. The van der Waals surface area contributed by atoms with Crippen molar-refractivity contribution in [3.63, 3.8) is 0 Å². The van der Waals surface area contributed by atoms with Crippen molar-refractivity contribution in [3.8, 4) is 0 Å². The number of carbonyl (C=O) groups is 1. The molecule has 1 aromatic rings. The first kappa shape index (κ1) is 10.4. The summed E-state index contributed by atoms with van der Waals surface area (Å²) in [6.07, 6.45) is 2.19. The predicted octanol–water partition coefficient (Wildman–Crippen LogP) is 2.14. The quantitative estimate of drug-likeness (QED) is 0.564. The minimum Gasteiger partial charge on any atom is -0.492 e. The highest BCUT2D eigenvalue weighted by atomic mass is 16.6. The van der Waals surface area contributed by atoms with Gasteiger partial charge in [-0.25, -0.2) is 0 Å². The van der Waals surface area contributed by atoms with Crippen molar-refractivity contribution in [1.82, 2.24) is 0 Å². The van der Waals surface area contributed by atoms with Crippen molar-refractivity contribution in [2.24, 2.45) is 0 Å². The minimum absolute atomic E-state index is 0.0180.